The van der Waals surface area contributed by atoms with Gasteiger partial charge in [0, 0.05) is 16.5 Å². The van der Waals surface area contributed by atoms with Crippen molar-refractivity contribution in [3.8, 4) is 39.9 Å². The molecule has 7 nitrogen and oxygen atoms in total. The summed E-state index contributed by atoms with van der Waals surface area (Å²) in [7, 11) is 6.21. The molecule has 0 saturated carbocycles. The van der Waals surface area contributed by atoms with Crippen LogP contribution in [-0.2, 0) is 5.60 Å². The minimum absolute atomic E-state index is 0.104. The van der Waals surface area contributed by atoms with Gasteiger partial charge in [-0.25, -0.2) is 0 Å². The minimum Gasteiger partial charge on any atom is -0.507 e. The van der Waals surface area contributed by atoms with E-state index in [2.05, 4.69) is 0 Å². The number of benzene rings is 3. The van der Waals surface area contributed by atoms with Crippen molar-refractivity contribution >= 4 is 11.0 Å². The maximum Gasteiger partial charge on any atom is 0.203 e. The summed E-state index contributed by atoms with van der Waals surface area (Å²) in [5.74, 6) is 2.55. The molecule has 0 bridgehead atoms. The fraction of sp³-hybridized carbons (Fsp3) is 0.310. The minimum atomic E-state index is -1.43. The van der Waals surface area contributed by atoms with Crippen LogP contribution in [0.4, 0.5) is 0 Å². The van der Waals surface area contributed by atoms with E-state index >= 15 is 0 Å². The molecule has 1 unspecified atom stereocenters. The van der Waals surface area contributed by atoms with Crippen LogP contribution in [-0.4, -0.2) is 38.7 Å². The van der Waals surface area contributed by atoms with E-state index in [1.807, 2.05) is 38.1 Å². The quantitative estimate of drug-likeness (QED) is 0.288. The van der Waals surface area contributed by atoms with Gasteiger partial charge in [0.05, 0.1) is 34.0 Å². The van der Waals surface area contributed by atoms with Crippen molar-refractivity contribution in [2.45, 2.75) is 32.3 Å². The summed E-state index contributed by atoms with van der Waals surface area (Å²) in [5, 5.41) is 23.7. The third kappa shape index (κ3) is 3.99. The summed E-state index contributed by atoms with van der Waals surface area (Å²) in [6, 6.07) is 14.3. The molecule has 0 saturated heterocycles. The number of aryl methyl sites for hydroxylation is 1. The number of para-hydroxylation sites is 1. The molecule has 190 valence electrons. The molecule has 0 fully saturated rings. The van der Waals surface area contributed by atoms with E-state index in [4.69, 9.17) is 23.4 Å². The van der Waals surface area contributed by atoms with Gasteiger partial charge in [0.25, 0.3) is 0 Å². The molecule has 7 heteroatoms. The maximum absolute atomic E-state index is 12.4. The Morgan fingerprint density at radius 3 is 2.06 bits per heavy atom. The summed E-state index contributed by atoms with van der Waals surface area (Å²) >= 11 is 0. The molecule has 0 aliphatic heterocycles. The number of hydrogen-bond donors (Lipinski definition) is 2. The van der Waals surface area contributed by atoms with E-state index in [1.165, 1.54) is 0 Å². The smallest absolute Gasteiger partial charge is 0.203 e. The van der Waals surface area contributed by atoms with E-state index in [-0.39, 0.29) is 5.75 Å². The molecule has 1 atom stereocenters. The van der Waals surface area contributed by atoms with Crippen LogP contribution in [0.2, 0.25) is 0 Å². The zero-order valence-corrected chi connectivity index (χ0v) is 21.5. The summed E-state index contributed by atoms with van der Waals surface area (Å²) in [6.07, 6.45) is 1.11. The Morgan fingerprint density at radius 2 is 1.50 bits per heavy atom. The largest absolute Gasteiger partial charge is 0.507 e. The van der Waals surface area contributed by atoms with Gasteiger partial charge < -0.3 is 33.6 Å². The van der Waals surface area contributed by atoms with Crippen LogP contribution in [0.25, 0.3) is 22.1 Å². The molecular weight excluding hydrogens is 460 g/mol. The maximum atomic E-state index is 12.4. The van der Waals surface area contributed by atoms with Crippen LogP contribution in [0.3, 0.4) is 0 Å². The lowest BCUT2D eigenvalue weighted by Crippen LogP contribution is -2.28. The fourth-order valence-corrected chi connectivity index (χ4v) is 4.98. The van der Waals surface area contributed by atoms with Crippen LogP contribution < -0.4 is 18.9 Å². The third-order valence-corrected chi connectivity index (χ3v) is 6.56. The fourth-order valence-electron chi connectivity index (χ4n) is 4.98. The van der Waals surface area contributed by atoms with Crippen LogP contribution in [0.5, 0.6) is 28.7 Å². The number of furan rings is 1. The normalized spacial score (nSPS) is 12.9. The first-order valence-corrected chi connectivity index (χ1v) is 11.8. The second-order valence-corrected chi connectivity index (χ2v) is 8.59. The van der Waals surface area contributed by atoms with E-state index in [9.17, 15) is 10.2 Å². The van der Waals surface area contributed by atoms with E-state index in [0.29, 0.717) is 69.4 Å². The van der Waals surface area contributed by atoms with Crippen molar-refractivity contribution < 1.29 is 33.6 Å². The Balaban J connectivity index is 2.05. The highest BCUT2D eigenvalue weighted by molar-refractivity contribution is 6.00. The highest BCUT2D eigenvalue weighted by Gasteiger charge is 2.38. The van der Waals surface area contributed by atoms with E-state index in [1.54, 1.807) is 52.7 Å². The molecule has 0 radical (unpaired) electrons. The highest BCUT2D eigenvalue weighted by atomic mass is 16.5. The lowest BCUT2D eigenvalue weighted by Gasteiger charge is -2.30. The number of aromatic hydroxyl groups is 1. The van der Waals surface area contributed by atoms with Gasteiger partial charge in [-0.2, -0.15) is 0 Å². The number of rotatable bonds is 9. The van der Waals surface area contributed by atoms with Gasteiger partial charge in [0.15, 0.2) is 11.5 Å². The van der Waals surface area contributed by atoms with Gasteiger partial charge in [-0.15, -0.1) is 0 Å². The van der Waals surface area contributed by atoms with Crippen LogP contribution in [0, 0.1) is 6.92 Å². The Hall–Kier alpha value is -3.84. The number of fused-ring (bicyclic) bond motifs is 1. The van der Waals surface area contributed by atoms with Crippen molar-refractivity contribution in [2.75, 3.05) is 28.4 Å². The second kappa shape index (κ2) is 10.0. The van der Waals surface area contributed by atoms with Crippen LogP contribution >= 0.6 is 0 Å². The molecule has 4 aromatic rings. The van der Waals surface area contributed by atoms with Crippen LogP contribution in [0.1, 0.15) is 36.7 Å². The van der Waals surface area contributed by atoms with Crippen LogP contribution in [0.15, 0.2) is 52.9 Å². The third-order valence-electron chi connectivity index (χ3n) is 6.56. The molecule has 36 heavy (non-hydrogen) atoms. The number of methoxy groups -OCH3 is 4. The topological polar surface area (TPSA) is 90.5 Å². The zero-order valence-electron chi connectivity index (χ0n) is 21.5. The standard InChI is InChI=1S/C29H32O7/c1-7-14-29(31,18-15-23(33-4)28(35-6)24(16-18)34-5)26-17(2)36-27-20(26)12-13-22(32-3)25(27)19-10-8-9-11-21(19)30/h8-13,15-16,30-31H,7,14H2,1-6H3. The number of hydrogen-bond acceptors (Lipinski definition) is 7. The van der Waals surface area contributed by atoms with Gasteiger partial charge in [0.2, 0.25) is 5.75 Å². The molecule has 1 aromatic heterocycles. The van der Waals surface area contributed by atoms with Crippen molar-refractivity contribution in [2.24, 2.45) is 0 Å². The first-order valence-electron chi connectivity index (χ1n) is 11.8. The molecule has 0 amide bonds. The van der Waals surface area contributed by atoms with E-state index in [0.717, 1.165) is 5.39 Å². The molecule has 0 aliphatic rings. The molecule has 2 N–H and O–H groups in total. The average molecular weight is 493 g/mol. The van der Waals surface area contributed by atoms with Gasteiger partial charge in [-0.3, -0.25) is 0 Å². The van der Waals surface area contributed by atoms with Crippen molar-refractivity contribution in [3.63, 3.8) is 0 Å². The number of aliphatic hydroxyl groups is 1. The van der Waals surface area contributed by atoms with Crippen molar-refractivity contribution in [1.29, 1.82) is 0 Å². The van der Waals surface area contributed by atoms with Gasteiger partial charge in [-0.1, -0.05) is 31.5 Å². The molecular formula is C29H32O7. The summed E-state index contributed by atoms with van der Waals surface area (Å²) in [5.41, 5.74) is 1.50. The van der Waals surface area contributed by atoms with Gasteiger partial charge in [-0.05, 0) is 49.2 Å². The summed E-state index contributed by atoms with van der Waals surface area (Å²) < 4.78 is 28.6. The van der Waals surface area contributed by atoms with Gasteiger partial charge >= 0.3 is 0 Å². The predicted octanol–water partition coefficient (Wildman–Crippen LogP) is 6.18. The Bertz CT molecular complexity index is 1360. The summed E-state index contributed by atoms with van der Waals surface area (Å²) in [4.78, 5) is 0. The summed E-state index contributed by atoms with van der Waals surface area (Å²) in [6.45, 7) is 3.84. The first kappa shape index (κ1) is 25.3. The van der Waals surface area contributed by atoms with Crippen molar-refractivity contribution in [1.82, 2.24) is 0 Å². The van der Waals surface area contributed by atoms with Gasteiger partial charge in [0.1, 0.15) is 28.4 Å². The number of phenolic OH excluding ortho intramolecular Hbond substituents is 1. The predicted molar refractivity (Wildman–Crippen MR) is 139 cm³/mol. The molecule has 3 aromatic carbocycles. The lowest BCUT2D eigenvalue weighted by atomic mass is 9.80. The molecule has 0 spiro atoms. The Morgan fingerprint density at radius 1 is 0.861 bits per heavy atom. The molecule has 4 rings (SSSR count). The first-order chi connectivity index (χ1) is 17.3. The number of phenols is 1. The monoisotopic (exact) mass is 492 g/mol. The second-order valence-electron chi connectivity index (χ2n) is 8.59. The highest BCUT2D eigenvalue weighted by Crippen LogP contribution is 2.50. The molecule has 1 heterocycles. The zero-order chi connectivity index (χ0) is 26.0. The Kier molecular flexibility index (Phi) is 7.04. The average Bonchev–Trinajstić information content (AvgIpc) is 3.23. The van der Waals surface area contributed by atoms with Crippen molar-refractivity contribution in [3.05, 3.63) is 65.4 Å². The SMILES string of the molecule is CCCC(O)(c1cc(OC)c(OC)c(OC)c1)c1c(C)oc2c(-c3ccccc3O)c(OC)ccc12. The number of ether oxygens (including phenoxy) is 4. The Labute approximate surface area is 210 Å². The lowest BCUT2D eigenvalue weighted by molar-refractivity contribution is 0.0693. The molecule has 0 aliphatic carbocycles. The van der Waals surface area contributed by atoms with E-state index < -0.39 is 5.60 Å².